The van der Waals surface area contributed by atoms with Gasteiger partial charge in [-0.15, -0.1) is 0 Å². The Balaban J connectivity index is 2.14. The number of carbonyl (C=O) groups excluding carboxylic acids is 1. The summed E-state index contributed by atoms with van der Waals surface area (Å²) in [5.74, 6) is 0.0162. The normalized spacial score (nSPS) is 11.3. The summed E-state index contributed by atoms with van der Waals surface area (Å²) in [5.41, 5.74) is 7.37. The molecule has 0 spiro atoms. The van der Waals surface area contributed by atoms with E-state index in [-0.39, 0.29) is 11.9 Å². The zero-order valence-electron chi connectivity index (χ0n) is 15.6. The van der Waals surface area contributed by atoms with Crippen LogP contribution >= 0.6 is 0 Å². The SMILES string of the molecule is Cc1ccn2c(CC(=O)NC(C)C)c(-c3ccc(C)c(C)c3)nc2c1. The van der Waals surface area contributed by atoms with Crippen LogP contribution in [0.2, 0.25) is 0 Å². The molecular formula is C21H25N3O. The van der Waals surface area contributed by atoms with Gasteiger partial charge in [-0.05, 0) is 69.5 Å². The number of imidazole rings is 1. The second-order valence-corrected chi connectivity index (χ2v) is 7.04. The molecule has 2 heterocycles. The fourth-order valence-corrected chi connectivity index (χ4v) is 3.01. The van der Waals surface area contributed by atoms with Crippen LogP contribution in [0.25, 0.3) is 16.9 Å². The molecule has 0 aliphatic carbocycles. The number of benzene rings is 1. The minimum Gasteiger partial charge on any atom is -0.354 e. The molecule has 0 bridgehead atoms. The first kappa shape index (κ1) is 17.2. The number of hydrogen-bond acceptors (Lipinski definition) is 2. The number of nitrogens with zero attached hydrogens (tertiary/aromatic N) is 2. The van der Waals surface area contributed by atoms with Gasteiger partial charge in [0, 0.05) is 17.8 Å². The van der Waals surface area contributed by atoms with Gasteiger partial charge in [0.2, 0.25) is 5.91 Å². The number of amides is 1. The monoisotopic (exact) mass is 335 g/mol. The first-order chi connectivity index (χ1) is 11.8. The summed E-state index contributed by atoms with van der Waals surface area (Å²) in [6.07, 6.45) is 2.31. The summed E-state index contributed by atoms with van der Waals surface area (Å²) in [7, 11) is 0. The first-order valence-corrected chi connectivity index (χ1v) is 8.69. The molecule has 0 atom stereocenters. The fourth-order valence-electron chi connectivity index (χ4n) is 3.01. The van der Waals surface area contributed by atoms with E-state index in [4.69, 9.17) is 4.98 Å². The Bertz CT molecular complexity index is 938. The lowest BCUT2D eigenvalue weighted by atomic mass is 10.0. The van der Waals surface area contributed by atoms with Gasteiger partial charge in [-0.25, -0.2) is 4.98 Å². The van der Waals surface area contributed by atoms with Crippen molar-refractivity contribution in [1.82, 2.24) is 14.7 Å². The molecule has 1 aromatic carbocycles. The predicted octanol–water partition coefficient (Wildman–Crippen LogP) is 3.99. The molecular weight excluding hydrogens is 310 g/mol. The fraction of sp³-hybridized carbons (Fsp3) is 0.333. The number of aryl methyl sites for hydroxylation is 3. The highest BCUT2D eigenvalue weighted by Gasteiger charge is 2.18. The van der Waals surface area contributed by atoms with Crippen LogP contribution < -0.4 is 5.32 Å². The van der Waals surface area contributed by atoms with Crippen molar-refractivity contribution in [2.24, 2.45) is 0 Å². The predicted molar refractivity (Wildman–Crippen MR) is 102 cm³/mol. The maximum absolute atomic E-state index is 12.4. The van der Waals surface area contributed by atoms with Crippen LogP contribution in [0.5, 0.6) is 0 Å². The Labute approximate surface area is 148 Å². The van der Waals surface area contributed by atoms with Crippen LogP contribution in [0, 0.1) is 20.8 Å². The number of fused-ring (bicyclic) bond motifs is 1. The molecule has 4 heteroatoms. The van der Waals surface area contributed by atoms with Gasteiger partial charge in [-0.1, -0.05) is 12.1 Å². The summed E-state index contributed by atoms with van der Waals surface area (Å²) >= 11 is 0. The van der Waals surface area contributed by atoms with E-state index in [1.165, 1.54) is 11.1 Å². The maximum atomic E-state index is 12.4. The first-order valence-electron chi connectivity index (χ1n) is 8.69. The van der Waals surface area contributed by atoms with Crippen molar-refractivity contribution in [3.05, 3.63) is 58.9 Å². The van der Waals surface area contributed by atoms with Gasteiger partial charge in [0.05, 0.1) is 17.8 Å². The van der Waals surface area contributed by atoms with E-state index in [2.05, 4.69) is 44.3 Å². The number of pyridine rings is 1. The molecule has 4 nitrogen and oxygen atoms in total. The summed E-state index contributed by atoms with van der Waals surface area (Å²) in [4.78, 5) is 17.2. The van der Waals surface area contributed by atoms with Gasteiger partial charge in [-0.3, -0.25) is 4.79 Å². The minimum absolute atomic E-state index is 0.0162. The van der Waals surface area contributed by atoms with E-state index >= 15 is 0 Å². The minimum atomic E-state index is 0.0162. The lowest BCUT2D eigenvalue weighted by Gasteiger charge is -2.10. The van der Waals surface area contributed by atoms with Crippen LogP contribution in [0.1, 0.15) is 36.2 Å². The van der Waals surface area contributed by atoms with Crippen molar-refractivity contribution >= 4 is 11.6 Å². The maximum Gasteiger partial charge on any atom is 0.226 e. The molecule has 0 saturated heterocycles. The Hall–Kier alpha value is -2.62. The Kier molecular flexibility index (Phi) is 4.62. The molecule has 0 aliphatic heterocycles. The van der Waals surface area contributed by atoms with Crippen LogP contribution in [-0.4, -0.2) is 21.3 Å². The van der Waals surface area contributed by atoms with E-state index in [1.54, 1.807) is 0 Å². The van der Waals surface area contributed by atoms with Crippen molar-refractivity contribution in [2.45, 2.75) is 47.1 Å². The Morgan fingerprint density at radius 1 is 1.12 bits per heavy atom. The second kappa shape index (κ2) is 6.71. The largest absolute Gasteiger partial charge is 0.354 e. The summed E-state index contributed by atoms with van der Waals surface area (Å²) in [6.45, 7) is 10.2. The second-order valence-electron chi connectivity index (χ2n) is 7.04. The van der Waals surface area contributed by atoms with Crippen molar-refractivity contribution in [3.8, 4) is 11.3 Å². The summed E-state index contributed by atoms with van der Waals surface area (Å²) in [5, 5.41) is 2.98. The lowest BCUT2D eigenvalue weighted by molar-refractivity contribution is -0.120. The molecule has 2 aromatic heterocycles. The topological polar surface area (TPSA) is 46.4 Å². The zero-order valence-corrected chi connectivity index (χ0v) is 15.6. The standard InChI is InChI=1S/C21H25N3O/c1-13(2)22-20(25)12-18-21(17-7-6-15(4)16(5)11-17)23-19-10-14(3)8-9-24(18)19/h6-11,13H,12H2,1-5H3,(H,22,25). The summed E-state index contributed by atoms with van der Waals surface area (Å²) in [6, 6.07) is 10.6. The van der Waals surface area contributed by atoms with E-state index < -0.39 is 0 Å². The molecule has 0 aliphatic rings. The molecule has 0 radical (unpaired) electrons. The number of hydrogen-bond donors (Lipinski definition) is 1. The van der Waals surface area contributed by atoms with E-state index in [0.717, 1.165) is 28.2 Å². The molecule has 3 aromatic rings. The van der Waals surface area contributed by atoms with Crippen molar-refractivity contribution in [2.75, 3.05) is 0 Å². The quantitative estimate of drug-likeness (QED) is 0.783. The highest BCUT2D eigenvalue weighted by Crippen LogP contribution is 2.27. The molecule has 1 amide bonds. The van der Waals surface area contributed by atoms with Gasteiger partial charge in [0.25, 0.3) is 0 Å². The molecule has 0 fully saturated rings. The Morgan fingerprint density at radius 2 is 1.88 bits per heavy atom. The highest BCUT2D eigenvalue weighted by atomic mass is 16.1. The van der Waals surface area contributed by atoms with Crippen LogP contribution in [0.4, 0.5) is 0 Å². The molecule has 1 N–H and O–H groups in total. The van der Waals surface area contributed by atoms with Gasteiger partial charge >= 0.3 is 0 Å². The molecule has 130 valence electrons. The van der Waals surface area contributed by atoms with Gasteiger partial charge < -0.3 is 9.72 Å². The van der Waals surface area contributed by atoms with Crippen molar-refractivity contribution in [3.63, 3.8) is 0 Å². The molecule has 25 heavy (non-hydrogen) atoms. The van der Waals surface area contributed by atoms with E-state index in [0.29, 0.717) is 6.42 Å². The highest BCUT2D eigenvalue weighted by molar-refractivity contribution is 5.82. The number of rotatable bonds is 4. The number of carbonyl (C=O) groups is 1. The molecule has 3 rings (SSSR count). The number of aromatic nitrogens is 2. The van der Waals surface area contributed by atoms with Crippen LogP contribution in [-0.2, 0) is 11.2 Å². The third kappa shape index (κ3) is 3.58. The number of nitrogens with one attached hydrogen (secondary N) is 1. The van der Waals surface area contributed by atoms with Gasteiger partial charge in [0.1, 0.15) is 5.65 Å². The zero-order chi connectivity index (χ0) is 18.1. The smallest absolute Gasteiger partial charge is 0.226 e. The average molecular weight is 335 g/mol. The molecule has 0 saturated carbocycles. The van der Waals surface area contributed by atoms with Crippen LogP contribution in [0.15, 0.2) is 36.5 Å². The van der Waals surface area contributed by atoms with Crippen LogP contribution in [0.3, 0.4) is 0 Å². The van der Waals surface area contributed by atoms with Gasteiger partial charge in [-0.2, -0.15) is 0 Å². The lowest BCUT2D eigenvalue weighted by Crippen LogP contribution is -2.31. The molecule has 0 unspecified atom stereocenters. The third-order valence-corrected chi connectivity index (χ3v) is 4.44. The van der Waals surface area contributed by atoms with Crippen molar-refractivity contribution in [1.29, 1.82) is 0 Å². The van der Waals surface area contributed by atoms with Crippen molar-refractivity contribution < 1.29 is 4.79 Å². The van der Waals surface area contributed by atoms with Gasteiger partial charge in [0.15, 0.2) is 0 Å². The Morgan fingerprint density at radius 3 is 2.56 bits per heavy atom. The van der Waals surface area contributed by atoms with E-state index in [1.807, 2.05) is 36.6 Å². The average Bonchev–Trinajstić information content (AvgIpc) is 2.87. The third-order valence-electron chi connectivity index (χ3n) is 4.44. The van der Waals surface area contributed by atoms with E-state index in [9.17, 15) is 4.79 Å². The summed E-state index contributed by atoms with van der Waals surface area (Å²) < 4.78 is 2.03.